The van der Waals surface area contributed by atoms with Crippen molar-refractivity contribution in [2.24, 2.45) is 0 Å². The van der Waals surface area contributed by atoms with Crippen LogP contribution in [0, 0.1) is 0 Å². The third-order valence-electron chi connectivity index (χ3n) is 2.06. The Hall–Kier alpha value is -2.35. The molecular weight excluding hydrogens is 288 g/mol. The van der Waals surface area contributed by atoms with Crippen LogP contribution in [0.15, 0.2) is 23.3 Å². The number of carbonyl (C=O) groups excluding carboxylic acids is 3. The Bertz CT molecular complexity index is 544. The van der Waals surface area contributed by atoms with Gasteiger partial charge in [-0.3, -0.25) is 0 Å². The summed E-state index contributed by atoms with van der Waals surface area (Å²) in [6, 6.07) is 1.46. The molecule has 1 heterocycles. The van der Waals surface area contributed by atoms with Crippen LogP contribution in [0.1, 0.15) is 9.67 Å². The van der Waals surface area contributed by atoms with Crippen LogP contribution in [-0.4, -0.2) is 39.2 Å². The maximum atomic E-state index is 11.5. The van der Waals surface area contributed by atoms with Gasteiger partial charge in [0.2, 0.25) is 5.76 Å². The van der Waals surface area contributed by atoms with Crippen molar-refractivity contribution in [2.75, 3.05) is 21.3 Å². The second-order valence-corrected chi connectivity index (χ2v) is 4.15. The van der Waals surface area contributed by atoms with Gasteiger partial charge in [0.15, 0.2) is 10.6 Å². The molecule has 0 aromatic carbocycles. The highest BCUT2D eigenvalue weighted by Crippen LogP contribution is 2.27. The number of esters is 3. The summed E-state index contributed by atoms with van der Waals surface area (Å²) >= 11 is 1.07. The van der Waals surface area contributed by atoms with E-state index in [1.54, 1.807) is 5.38 Å². The Morgan fingerprint density at radius 1 is 1.10 bits per heavy atom. The maximum absolute atomic E-state index is 11.5. The third kappa shape index (κ3) is 3.82. The molecule has 108 valence electrons. The van der Waals surface area contributed by atoms with E-state index in [4.69, 9.17) is 4.74 Å². The largest absolute Gasteiger partial charge is 0.466 e. The normalized spacial score (nSPS) is 10.7. The molecule has 0 saturated heterocycles. The maximum Gasteiger partial charge on any atom is 0.374 e. The first-order chi connectivity index (χ1) is 9.53. The number of thiophene rings is 1. The minimum atomic E-state index is -0.877. The summed E-state index contributed by atoms with van der Waals surface area (Å²) < 4.78 is 18.7. The van der Waals surface area contributed by atoms with Crippen LogP contribution in [0.5, 0.6) is 5.75 Å². The van der Waals surface area contributed by atoms with Crippen LogP contribution in [0.25, 0.3) is 0 Å². The van der Waals surface area contributed by atoms with Crippen LogP contribution >= 0.6 is 11.3 Å². The summed E-state index contributed by atoms with van der Waals surface area (Å²) in [6.45, 7) is 0. The van der Waals surface area contributed by atoms with Gasteiger partial charge in [-0.1, -0.05) is 0 Å². The third-order valence-corrected chi connectivity index (χ3v) is 2.93. The number of hydrogen-bond donors (Lipinski definition) is 0. The van der Waals surface area contributed by atoms with Gasteiger partial charge < -0.3 is 18.9 Å². The highest BCUT2D eigenvalue weighted by Gasteiger charge is 2.21. The lowest BCUT2D eigenvalue weighted by atomic mass is 10.4. The summed E-state index contributed by atoms with van der Waals surface area (Å²) in [5, 5.41) is 1.58. The predicted octanol–water partition coefficient (Wildman–Crippen LogP) is 1.14. The average Bonchev–Trinajstić information content (AvgIpc) is 2.92. The van der Waals surface area contributed by atoms with Gasteiger partial charge in [-0.15, -0.1) is 11.3 Å². The summed E-state index contributed by atoms with van der Waals surface area (Å²) in [7, 11) is 3.50. The fraction of sp³-hybridized carbons (Fsp3) is 0.250. The number of carbonyl (C=O) groups is 3. The van der Waals surface area contributed by atoms with E-state index >= 15 is 0 Å². The molecule has 0 aliphatic rings. The number of hydrogen-bond acceptors (Lipinski definition) is 8. The highest BCUT2D eigenvalue weighted by atomic mass is 32.1. The molecule has 8 heteroatoms. The molecule has 1 aromatic rings. The summed E-state index contributed by atoms with van der Waals surface area (Å²) in [4.78, 5) is 34.3. The average molecular weight is 300 g/mol. The molecule has 0 N–H and O–H groups in total. The molecule has 0 atom stereocenters. The van der Waals surface area contributed by atoms with Gasteiger partial charge in [-0.05, 0) is 11.4 Å². The lowest BCUT2D eigenvalue weighted by Crippen LogP contribution is -2.14. The van der Waals surface area contributed by atoms with Crippen LogP contribution < -0.4 is 4.74 Å². The first-order valence-corrected chi connectivity index (χ1v) is 6.13. The second-order valence-electron chi connectivity index (χ2n) is 3.23. The van der Waals surface area contributed by atoms with Gasteiger partial charge >= 0.3 is 17.9 Å². The number of rotatable bonds is 5. The number of methoxy groups -OCH3 is 3. The van der Waals surface area contributed by atoms with Crippen LogP contribution in [0.3, 0.4) is 0 Å². The summed E-state index contributed by atoms with van der Waals surface area (Å²) in [5.74, 6) is -2.60. The Morgan fingerprint density at radius 2 is 1.80 bits per heavy atom. The van der Waals surface area contributed by atoms with E-state index in [1.807, 2.05) is 0 Å². The van der Waals surface area contributed by atoms with E-state index in [9.17, 15) is 14.4 Å². The number of ether oxygens (including phenoxy) is 4. The molecule has 0 amide bonds. The van der Waals surface area contributed by atoms with Crippen molar-refractivity contribution in [2.45, 2.75) is 0 Å². The van der Waals surface area contributed by atoms with Crippen molar-refractivity contribution < 1.29 is 33.3 Å². The molecule has 0 fully saturated rings. The minimum absolute atomic E-state index is 0.0856. The molecule has 0 unspecified atom stereocenters. The lowest BCUT2D eigenvalue weighted by Gasteiger charge is -2.07. The highest BCUT2D eigenvalue weighted by molar-refractivity contribution is 7.12. The fourth-order valence-electron chi connectivity index (χ4n) is 1.13. The Balaban J connectivity index is 3.05. The van der Waals surface area contributed by atoms with Crippen LogP contribution in [0.2, 0.25) is 0 Å². The van der Waals surface area contributed by atoms with Crippen molar-refractivity contribution in [1.29, 1.82) is 0 Å². The van der Waals surface area contributed by atoms with Crippen molar-refractivity contribution in [3.05, 3.63) is 28.2 Å². The molecule has 1 aromatic heterocycles. The van der Waals surface area contributed by atoms with Crippen molar-refractivity contribution in [3.8, 4) is 5.75 Å². The van der Waals surface area contributed by atoms with E-state index in [-0.39, 0.29) is 10.6 Å². The first kappa shape index (κ1) is 15.7. The predicted molar refractivity (Wildman–Crippen MR) is 68.4 cm³/mol. The smallest absolute Gasteiger partial charge is 0.374 e. The molecule has 0 aliphatic carbocycles. The quantitative estimate of drug-likeness (QED) is 0.349. The SMILES string of the molecule is COC(=O)/C=C(/Oc1ccsc1C(=O)OC)C(=O)OC. The standard InChI is InChI=1S/C12H12O7S/c1-16-9(13)6-8(11(14)17-2)19-7-4-5-20-10(7)12(15)18-3/h4-6H,1-3H3/b8-6+. The molecule has 7 nitrogen and oxygen atoms in total. The van der Waals surface area contributed by atoms with E-state index in [1.165, 1.54) is 13.2 Å². The van der Waals surface area contributed by atoms with Gasteiger partial charge in [-0.25, -0.2) is 14.4 Å². The van der Waals surface area contributed by atoms with Crippen molar-refractivity contribution in [1.82, 2.24) is 0 Å². The van der Waals surface area contributed by atoms with Crippen LogP contribution in [-0.2, 0) is 23.8 Å². The van der Waals surface area contributed by atoms with Crippen molar-refractivity contribution >= 4 is 29.2 Å². The fourth-order valence-corrected chi connectivity index (χ4v) is 1.87. The first-order valence-electron chi connectivity index (χ1n) is 5.25. The molecule has 0 saturated carbocycles. The van der Waals surface area contributed by atoms with Gasteiger partial charge in [0.25, 0.3) is 0 Å². The summed E-state index contributed by atoms with van der Waals surface area (Å²) in [6.07, 6.45) is 0.824. The van der Waals surface area contributed by atoms with Crippen LogP contribution in [0.4, 0.5) is 0 Å². The Labute approximate surface area is 118 Å². The van der Waals surface area contributed by atoms with Gasteiger partial charge in [0.05, 0.1) is 27.4 Å². The zero-order chi connectivity index (χ0) is 15.1. The summed E-state index contributed by atoms with van der Waals surface area (Å²) in [5.41, 5.74) is 0. The molecule has 20 heavy (non-hydrogen) atoms. The van der Waals surface area contributed by atoms with Crippen molar-refractivity contribution in [3.63, 3.8) is 0 Å². The van der Waals surface area contributed by atoms with Gasteiger partial charge in [0, 0.05) is 0 Å². The van der Waals surface area contributed by atoms with E-state index < -0.39 is 23.7 Å². The zero-order valence-corrected chi connectivity index (χ0v) is 11.8. The molecule has 0 aliphatic heterocycles. The Kier molecular flexibility index (Phi) is 5.73. The molecule has 0 spiro atoms. The second kappa shape index (κ2) is 7.29. The molecular formula is C12H12O7S. The van der Waals surface area contributed by atoms with E-state index in [0.717, 1.165) is 31.6 Å². The van der Waals surface area contributed by atoms with Gasteiger partial charge in [0.1, 0.15) is 0 Å². The lowest BCUT2D eigenvalue weighted by molar-refractivity contribution is -0.140. The zero-order valence-electron chi connectivity index (χ0n) is 11.0. The van der Waals surface area contributed by atoms with E-state index in [2.05, 4.69) is 14.2 Å². The van der Waals surface area contributed by atoms with E-state index in [0.29, 0.717) is 0 Å². The minimum Gasteiger partial charge on any atom is -0.466 e. The topological polar surface area (TPSA) is 88.1 Å². The molecule has 0 radical (unpaired) electrons. The monoisotopic (exact) mass is 300 g/mol. The van der Waals surface area contributed by atoms with Gasteiger partial charge in [-0.2, -0.15) is 0 Å². The molecule has 0 bridgehead atoms. The molecule has 1 rings (SSSR count). The Morgan fingerprint density at radius 3 is 2.35 bits per heavy atom.